The van der Waals surface area contributed by atoms with E-state index in [9.17, 15) is 0 Å². The lowest BCUT2D eigenvalue weighted by atomic mass is 10.1. The van der Waals surface area contributed by atoms with Gasteiger partial charge in [-0.2, -0.15) is 0 Å². The van der Waals surface area contributed by atoms with Gasteiger partial charge in [0.25, 0.3) is 0 Å². The van der Waals surface area contributed by atoms with Crippen molar-refractivity contribution >= 4 is 11.6 Å². The fraction of sp³-hybridized carbons (Fsp3) is 0.538. The molecule has 3 heteroatoms. The van der Waals surface area contributed by atoms with Crippen LogP contribution in [0, 0.1) is 5.92 Å². The predicted octanol–water partition coefficient (Wildman–Crippen LogP) is 3.54. The van der Waals surface area contributed by atoms with Gasteiger partial charge in [0.05, 0.1) is 6.61 Å². The summed E-state index contributed by atoms with van der Waals surface area (Å²) in [5.74, 6) is 1.77. The molecule has 0 bridgehead atoms. The lowest BCUT2D eigenvalue weighted by Gasteiger charge is -2.14. The number of hydrogen-bond acceptors (Lipinski definition) is 2. The Kier molecular flexibility index (Phi) is 3.72. The maximum absolute atomic E-state index is 5.94. The lowest BCUT2D eigenvalue weighted by Crippen LogP contribution is -2.09. The number of hydrogen-bond donors (Lipinski definition) is 1. The molecule has 0 amide bonds. The Labute approximate surface area is 102 Å². The third-order valence-corrected chi connectivity index (χ3v) is 3.18. The van der Waals surface area contributed by atoms with E-state index in [-0.39, 0.29) is 6.04 Å². The zero-order valence-corrected chi connectivity index (χ0v) is 10.3. The standard InChI is InChI=1S/C13H18ClNO/c1-9(15)12-8-11(14)4-5-13(12)16-7-6-10-2-3-10/h4-5,8-10H,2-3,6-7,15H2,1H3/t9-/m1/s1. The summed E-state index contributed by atoms with van der Waals surface area (Å²) in [4.78, 5) is 0. The van der Waals surface area contributed by atoms with Crippen LogP contribution in [-0.4, -0.2) is 6.61 Å². The van der Waals surface area contributed by atoms with Crippen molar-refractivity contribution in [3.63, 3.8) is 0 Å². The molecule has 1 aliphatic rings. The largest absolute Gasteiger partial charge is 0.493 e. The van der Waals surface area contributed by atoms with Crippen molar-refractivity contribution < 1.29 is 4.74 Å². The van der Waals surface area contributed by atoms with Crippen molar-refractivity contribution in [3.8, 4) is 5.75 Å². The number of benzene rings is 1. The first-order valence-electron chi connectivity index (χ1n) is 5.84. The summed E-state index contributed by atoms with van der Waals surface area (Å²) in [7, 11) is 0. The van der Waals surface area contributed by atoms with Crippen LogP contribution in [0.3, 0.4) is 0 Å². The van der Waals surface area contributed by atoms with Gasteiger partial charge in [-0.1, -0.05) is 24.4 Å². The van der Waals surface area contributed by atoms with Gasteiger partial charge < -0.3 is 10.5 Å². The average molecular weight is 240 g/mol. The van der Waals surface area contributed by atoms with Crippen molar-refractivity contribution in [3.05, 3.63) is 28.8 Å². The minimum absolute atomic E-state index is 0.0466. The van der Waals surface area contributed by atoms with Crippen molar-refractivity contribution in [2.45, 2.75) is 32.2 Å². The Balaban J connectivity index is 1.99. The second-order valence-corrected chi connectivity index (χ2v) is 4.99. The van der Waals surface area contributed by atoms with E-state index in [1.807, 2.05) is 25.1 Å². The molecule has 0 heterocycles. The minimum Gasteiger partial charge on any atom is -0.493 e. The van der Waals surface area contributed by atoms with Gasteiger partial charge in [-0.3, -0.25) is 0 Å². The summed E-state index contributed by atoms with van der Waals surface area (Å²) in [5.41, 5.74) is 6.88. The highest BCUT2D eigenvalue weighted by Gasteiger charge is 2.21. The zero-order valence-electron chi connectivity index (χ0n) is 9.58. The summed E-state index contributed by atoms with van der Waals surface area (Å²) < 4.78 is 5.77. The molecule has 88 valence electrons. The number of ether oxygens (including phenoxy) is 1. The first-order chi connectivity index (χ1) is 7.66. The van der Waals surface area contributed by atoms with Gasteiger partial charge in [-0.05, 0) is 37.5 Å². The topological polar surface area (TPSA) is 35.2 Å². The molecule has 0 unspecified atom stereocenters. The second-order valence-electron chi connectivity index (χ2n) is 4.55. The molecular formula is C13H18ClNO. The van der Waals surface area contributed by atoms with Crippen LogP contribution in [0.4, 0.5) is 0 Å². The van der Waals surface area contributed by atoms with Gasteiger partial charge >= 0.3 is 0 Å². The van der Waals surface area contributed by atoms with E-state index >= 15 is 0 Å². The molecule has 16 heavy (non-hydrogen) atoms. The highest BCUT2D eigenvalue weighted by Crippen LogP contribution is 2.33. The second kappa shape index (κ2) is 5.07. The van der Waals surface area contributed by atoms with Crippen molar-refractivity contribution in [2.75, 3.05) is 6.61 Å². The quantitative estimate of drug-likeness (QED) is 0.853. The number of rotatable bonds is 5. The lowest BCUT2D eigenvalue weighted by molar-refractivity contribution is 0.298. The van der Waals surface area contributed by atoms with Crippen molar-refractivity contribution in [2.24, 2.45) is 11.7 Å². The molecular weight excluding hydrogens is 222 g/mol. The van der Waals surface area contributed by atoms with Crippen LogP contribution >= 0.6 is 11.6 Å². The summed E-state index contributed by atoms with van der Waals surface area (Å²) >= 11 is 5.94. The van der Waals surface area contributed by atoms with Crippen LogP contribution in [0.2, 0.25) is 5.02 Å². The van der Waals surface area contributed by atoms with E-state index in [1.165, 1.54) is 12.8 Å². The van der Waals surface area contributed by atoms with Crippen LogP contribution in [0.1, 0.15) is 37.8 Å². The highest BCUT2D eigenvalue weighted by atomic mass is 35.5. The fourth-order valence-electron chi connectivity index (χ4n) is 1.75. The number of nitrogens with two attached hydrogens (primary N) is 1. The Hall–Kier alpha value is -0.730. The van der Waals surface area contributed by atoms with E-state index in [0.717, 1.165) is 30.3 Å². The number of halogens is 1. The molecule has 1 aromatic carbocycles. The maximum atomic E-state index is 5.94. The molecule has 0 aromatic heterocycles. The van der Waals surface area contributed by atoms with Gasteiger partial charge in [0.1, 0.15) is 5.75 Å². The Morgan fingerprint density at radius 3 is 2.88 bits per heavy atom. The first kappa shape index (κ1) is 11.7. The minimum atomic E-state index is -0.0466. The van der Waals surface area contributed by atoms with Gasteiger partial charge in [-0.25, -0.2) is 0 Å². The molecule has 2 rings (SSSR count). The van der Waals surface area contributed by atoms with E-state index in [1.54, 1.807) is 0 Å². The molecule has 2 nitrogen and oxygen atoms in total. The zero-order chi connectivity index (χ0) is 11.5. The maximum Gasteiger partial charge on any atom is 0.124 e. The third-order valence-electron chi connectivity index (χ3n) is 2.94. The normalized spacial score (nSPS) is 17.2. The summed E-state index contributed by atoms with van der Waals surface area (Å²) in [6, 6.07) is 5.60. The SMILES string of the molecule is C[C@@H](N)c1cc(Cl)ccc1OCCC1CC1. The Morgan fingerprint density at radius 2 is 2.25 bits per heavy atom. The van der Waals surface area contributed by atoms with Crippen LogP contribution < -0.4 is 10.5 Å². The van der Waals surface area contributed by atoms with Crippen molar-refractivity contribution in [1.82, 2.24) is 0 Å². The van der Waals surface area contributed by atoms with E-state index < -0.39 is 0 Å². The van der Waals surface area contributed by atoms with Gasteiger partial charge in [0, 0.05) is 16.6 Å². The predicted molar refractivity (Wildman–Crippen MR) is 66.9 cm³/mol. The molecule has 0 aliphatic heterocycles. The molecule has 1 aliphatic carbocycles. The fourth-order valence-corrected chi connectivity index (χ4v) is 1.93. The Bertz CT molecular complexity index is 361. The average Bonchev–Trinajstić information content (AvgIpc) is 3.04. The highest BCUT2D eigenvalue weighted by molar-refractivity contribution is 6.30. The van der Waals surface area contributed by atoms with Gasteiger partial charge in [0.2, 0.25) is 0 Å². The van der Waals surface area contributed by atoms with E-state index in [0.29, 0.717) is 5.02 Å². The molecule has 1 atom stereocenters. The van der Waals surface area contributed by atoms with Crippen LogP contribution in [0.25, 0.3) is 0 Å². The smallest absolute Gasteiger partial charge is 0.124 e. The molecule has 0 saturated heterocycles. The molecule has 1 saturated carbocycles. The van der Waals surface area contributed by atoms with E-state index in [4.69, 9.17) is 22.1 Å². The van der Waals surface area contributed by atoms with E-state index in [2.05, 4.69) is 0 Å². The van der Waals surface area contributed by atoms with Crippen LogP contribution in [0.5, 0.6) is 5.75 Å². The van der Waals surface area contributed by atoms with Gasteiger partial charge in [0.15, 0.2) is 0 Å². The third kappa shape index (κ3) is 3.13. The molecule has 1 aromatic rings. The molecule has 0 spiro atoms. The summed E-state index contributed by atoms with van der Waals surface area (Å²) in [6.45, 7) is 2.73. The molecule has 2 N–H and O–H groups in total. The van der Waals surface area contributed by atoms with Crippen LogP contribution in [0.15, 0.2) is 18.2 Å². The summed E-state index contributed by atoms with van der Waals surface area (Å²) in [6.07, 6.45) is 3.88. The summed E-state index contributed by atoms with van der Waals surface area (Å²) in [5, 5.41) is 0.710. The molecule has 0 radical (unpaired) electrons. The van der Waals surface area contributed by atoms with Crippen molar-refractivity contribution in [1.29, 1.82) is 0 Å². The van der Waals surface area contributed by atoms with Gasteiger partial charge in [-0.15, -0.1) is 0 Å². The first-order valence-corrected chi connectivity index (χ1v) is 6.22. The van der Waals surface area contributed by atoms with Crippen LogP contribution in [-0.2, 0) is 0 Å². The monoisotopic (exact) mass is 239 g/mol. The Morgan fingerprint density at radius 1 is 1.50 bits per heavy atom. The molecule has 1 fully saturated rings.